The summed E-state index contributed by atoms with van der Waals surface area (Å²) in [7, 11) is 0. The third kappa shape index (κ3) is 3.66. The molecule has 0 aliphatic carbocycles. The Morgan fingerprint density at radius 2 is 1.89 bits per heavy atom. The molecule has 1 amide bonds. The fourth-order valence-electron chi connectivity index (χ4n) is 3.91. The molecule has 4 rings (SSSR count). The van der Waals surface area contributed by atoms with Crippen LogP contribution in [0.4, 0.5) is 5.82 Å². The summed E-state index contributed by atoms with van der Waals surface area (Å²) in [6.07, 6.45) is 2.82. The molecule has 0 saturated carbocycles. The zero-order valence-electron chi connectivity index (χ0n) is 16.1. The van der Waals surface area contributed by atoms with E-state index >= 15 is 0 Å². The zero-order valence-corrected chi connectivity index (χ0v) is 16.9. The Morgan fingerprint density at radius 1 is 1.15 bits per heavy atom. The molecule has 2 fully saturated rings. The highest BCUT2D eigenvalue weighted by molar-refractivity contribution is 7.20. The number of fused-ring (bicyclic) bond motifs is 1. The van der Waals surface area contributed by atoms with Gasteiger partial charge in [0.2, 0.25) is 0 Å². The molecule has 7 nitrogen and oxygen atoms in total. The first-order valence-corrected chi connectivity index (χ1v) is 10.6. The normalized spacial score (nSPS) is 19.0. The summed E-state index contributed by atoms with van der Waals surface area (Å²) in [5.74, 6) is 1.07. The smallest absolute Gasteiger partial charge is 0.264 e. The summed E-state index contributed by atoms with van der Waals surface area (Å²) in [6.45, 7) is 12.0. The first kappa shape index (κ1) is 18.6. The lowest BCUT2D eigenvalue weighted by Gasteiger charge is -2.35. The molecule has 146 valence electrons. The molecule has 2 aromatic rings. The lowest BCUT2D eigenvalue weighted by molar-refractivity contribution is 0.0306. The van der Waals surface area contributed by atoms with Crippen molar-refractivity contribution in [2.45, 2.75) is 20.3 Å². The first-order chi connectivity index (χ1) is 13.2. The maximum absolute atomic E-state index is 13.0. The quantitative estimate of drug-likeness (QED) is 0.797. The number of carbonyl (C=O) groups is 1. The molecule has 0 N–H and O–H groups in total. The number of ether oxygens (including phenoxy) is 1. The van der Waals surface area contributed by atoms with Crippen LogP contribution >= 0.6 is 11.3 Å². The number of rotatable bonds is 4. The highest BCUT2D eigenvalue weighted by Crippen LogP contribution is 2.35. The Morgan fingerprint density at radius 3 is 2.59 bits per heavy atom. The predicted octanol–water partition coefficient (Wildman–Crippen LogP) is 2.00. The van der Waals surface area contributed by atoms with Gasteiger partial charge in [0.05, 0.1) is 23.5 Å². The number of carbonyl (C=O) groups excluding carboxylic acids is 1. The minimum Gasteiger partial charge on any atom is -0.378 e. The minimum absolute atomic E-state index is 0.0949. The molecular formula is C19H27N5O2S. The van der Waals surface area contributed by atoms with Crippen molar-refractivity contribution in [2.75, 3.05) is 63.9 Å². The number of anilines is 1. The van der Waals surface area contributed by atoms with E-state index in [0.29, 0.717) is 26.3 Å². The SMILES string of the molecule is CCCN1CCN(c2ncnc3sc(C(=O)N4CCOCC4)c(C)c23)CC1. The van der Waals surface area contributed by atoms with E-state index in [2.05, 4.69) is 26.7 Å². The van der Waals surface area contributed by atoms with Crippen molar-refractivity contribution in [2.24, 2.45) is 0 Å². The Bertz CT molecular complexity index is 810. The second kappa shape index (κ2) is 8.08. The van der Waals surface area contributed by atoms with E-state index in [9.17, 15) is 4.79 Å². The maximum Gasteiger partial charge on any atom is 0.264 e. The van der Waals surface area contributed by atoms with E-state index in [1.165, 1.54) is 17.8 Å². The topological polar surface area (TPSA) is 61.8 Å². The van der Waals surface area contributed by atoms with Gasteiger partial charge in [0.1, 0.15) is 17.0 Å². The van der Waals surface area contributed by atoms with Crippen LogP contribution < -0.4 is 4.90 Å². The molecule has 2 aromatic heterocycles. The molecule has 0 aromatic carbocycles. The standard InChI is InChI=1S/C19H27N5O2S/c1-3-4-22-5-7-23(8-6-22)17-15-14(2)16(27-18(15)21-13-20-17)19(25)24-9-11-26-12-10-24/h13H,3-12H2,1-2H3. The van der Waals surface area contributed by atoms with Gasteiger partial charge in [-0.3, -0.25) is 9.69 Å². The molecule has 0 atom stereocenters. The predicted molar refractivity (Wildman–Crippen MR) is 108 cm³/mol. The Labute approximate surface area is 163 Å². The van der Waals surface area contributed by atoms with Crippen LogP contribution in [0.1, 0.15) is 28.6 Å². The Hall–Kier alpha value is -1.77. The highest BCUT2D eigenvalue weighted by Gasteiger charge is 2.27. The van der Waals surface area contributed by atoms with E-state index in [-0.39, 0.29) is 5.91 Å². The van der Waals surface area contributed by atoms with Gasteiger partial charge >= 0.3 is 0 Å². The summed E-state index contributed by atoms with van der Waals surface area (Å²) in [6, 6.07) is 0. The number of amides is 1. The van der Waals surface area contributed by atoms with Gasteiger partial charge in [0.15, 0.2) is 0 Å². The second-order valence-electron chi connectivity index (χ2n) is 7.17. The van der Waals surface area contributed by atoms with Crippen molar-refractivity contribution < 1.29 is 9.53 Å². The third-order valence-corrected chi connectivity index (χ3v) is 6.60. The molecule has 2 saturated heterocycles. The van der Waals surface area contributed by atoms with E-state index in [0.717, 1.165) is 59.2 Å². The number of piperazine rings is 1. The molecule has 0 unspecified atom stereocenters. The van der Waals surface area contributed by atoms with Gasteiger partial charge in [-0.2, -0.15) is 0 Å². The molecule has 8 heteroatoms. The van der Waals surface area contributed by atoms with E-state index < -0.39 is 0 Å². The van der Waals surface area contributed by atoms with Crippen LogP contribution in [0.2, 0.25) is 0 Å². The van der Waals surface area contributed by atoms with E-state index in [4.69, 9.17) is 4.74 Å². The van der Waals surface area contributed by atoms with Gasteiger partial charge in [-0.05, 0) is 25.5 Å². The van der Waals surface area contributed by atoms with Crippen molar-refractivity contribution in [3.8, 4) is 0 Å². The number of morpholine rings is 1. The van der Waals surface area contributed by atoms with Crippen molar-refractivity contribution in [3.05, 3.63) is 16.8 Å². The second-order valence-corrected chi connectivity index (χ2v) is 8.17. The minimum atomic E-state index is 0.0949. The van der Waals surface area contributed by atoms with Crippen LogP contribution in [0.15, 0.2) is 6.33 Å². The number of aryl methyl sites for hydroxylation is 1. The summed E-state index contributed by atoms with van der Waals surface area (Å²) in [5, 5.41) is 1.04. The molecule has 2 aliphatic heterocycles. The van der Waals surface area contributed by atoms with Crippen LogP contribution in [0.3, 0.4) is 0 Å². The van der Waals surface area contributed by atoms with Gasteiger partial charge in [-0.25, -0.2) is 9.97 Å². The van der Waals surface area contributed by atoms with Gasteiger partial charge in [-0.15, -0.1) is 11.3 Å². The van der Waals surface area contributed by atoms with Crippen LogP contribution in [0.25, 0.3) is 10.2 Å². The number of nitrogens with zero attached hydrogens (tertiary/aromatic N) is 5. The zero-order chi connectivity index (χ0) is 18.8. The van der Waals surface area contributed by atoms with Crippen molar-refractivity contribution in [1.82, 2.24) is 19.8 Å². The highest BCUT2D eigenvalue weighted by atomic mass is 32.1. The van der Waals surface area contributed by atoms with Gasteiger partial charge < -0.3 is 14.5 Å². The van der Waals surface area contributed by atoms with Gasteiger partial charge in [0, 0.05) is 39.3 Å². The molecule has 4 heterocycles. The van der Waals surface area contributed by atoms with Crippen LogP contribution in [-0.4, -0.2) is 84.7 Å². The molecule has 0 spiro atoms. The number of thiophene rings is 1. The van der Waals surface area contributed by atoms with Gasteiger partial charge in [0.25, 0.3) is 5.91 Å². The maximum atomic E-state index is 13.0. The van der Waals surface area contributed by atoms with Crippen molar-refractivity contribution in [3.63, 3.8) is 0 Å². The summed E-state index contributed by atoms with van der Waals surface area (Å²) in [4.78, 5) is 30.5. The van der Waals surface area contributed by atoms with E-state index in [1.54, 1.807) is 6.33 Å². The van der Waals surface area contributed by atoms with E-state index in [1.807, 2.05) is 11.8 Å². The van der Waals surface area contributed by atoms with Crippen LogP contribution in [0.5, 0.6) is 0 Å². The lowest BCUT2D eigenvalue weighted by Crippen LogP contribution is -2.46. The average Bonchev–Trinajstić information content (AvgIpc) is 3.06. The molecular weight excluding hydrogens is 362 g/mol. The molecule has 2 aliphatic rings. The Balaban J connectivity index is 1.62. The largest absolute Gasteiger partial charge is 0.378 e. The molecule has 0 bridgehead atoms. The summed E-state index contributed by atoms with van der Waals surface area (Å²) >= 11 is 1.49. The Kier molecular flexibility index (Phi) is 5.56. The fourth-order valence-corrected chi connectivity index (χ4v) is 5.02. The van der Waals surface area contributed by atoms with Gasteiger partial charge in [-0.1, -0.05) is 6.92 Å². The van der Waals surface area contributed by atoms with Crippen LogP contribution in [0, 0.1) is 6.92 Å². The summed E-state index contributed by atoms with van der Waals surface area (Å²) in [5.41, 5.74) is 1.01. The van der Waals surface area contributed by atoms with Crippen molar-refractivity contribution >= 4 is 33.3 Å². The fraction of sp³-hybridized carbons (Fsp3) is 0.632. The third-order valence-electron chi connectivity index (χ3n) is 5.41. The van der Waals surface area contributed by atoms with Crippen LogP contribution in [-0.2, 0) is 4.74 Å². The van der Waals surface area contributed by atoms with Crippen molar-refractivity contribution in [1.29, 1.82) is 0 Å². The molecule has 27 heavy (non-hydrogen) atoms. The number of hydrogen-bond acceptors (Lipinski definition) is 7. The lowest BCUT2D eigenvalue weighted by atomic mass is 10.1. The average molecular weight is 390 g/mol. The summed E-state index contributed by atoms with van der Waals surface area (Å²) < 4.78 is 5.38. The first-order valence-electron chi connectivity index (χ1n) is 9.77. The molecule has 0 radical (unpaired) electrons. The number of hydrogen-bond donors (Lipinski definition) is 0. The monoisotopic (exact) mass is 389 g/mol. The number of aromatic nitrogens is 2.